The molecule has 0 saturated carbocycles. The zero-order chi connectivity index (χ0) is 16.7. The number of carbonyl (C=O) groups is 1. The van der Waals surface area contributed by atoms with Gasteiger partial charge in [-0.05, 0) is 12.1 Å². The summed E-state index contributed by atoms with van der Waals surface area (Å²) < 4.78 is 29.3. The molecule has 124 valence electrons. The van der Waals surface area contributed by atoms with Gasteiger partial charge in [-0.1, -0.05) is 0 Å². The molecular weight excluding hydrogens is 326 g/mol. The van der Waals surface area contributed by atoms with E-state index in [9.17, 15) is 13.6 Å². The fraction of sp³-hybridized carbons (Fsp3) is 0.357. The molecule has 0 bridgehead atoms. The number of ether oxygens (including phenoxy) is 1. The van der Waals surface area contributed by atoms with Gasteiger partial charge in [0.05, 0.1) is 5.01 Å². The Balaban J connectivity index is 1.91. The fourth-order valence-corrected chi connectivity index (χ4v) is 2.30. The standard InChI is InChI=1S/C14H16F2N4O2S/c1-20(7-4-12-17-6-8-23-12)14(21)19-10-3-2-5-18-13(10)22-9-11(15)16/h2-3,5-6,8,11H,4,7,9H2,1H3,(H,19,21). The molecule has 0 aliphatic carbocycles. The Hall–Kier alpha value is -2.29. The molecule has 2 heterocycles. The van der Waals surface area contributed by atoms with Crippen LogP contribution in [0.15, 0.2) is 29.9 Å². The highest BCUT2D eigenvalue weighted by atomic mass is 32.1. The van der Waals surface area contributed by atoms with Crippen molar-refractivity contribution < 1.29 is 18.3 Å². The Kier molecular flexibility index (Phi) is 6.21. The summed E-state index contributed by atoms with van der Waals surface area (Å²) in [5.41, 5.74) is 0.249. The fourth-order valence-electron chi connectivity index (χ4n) is 1.69. The van der Waals surface area contributed by atoms with Crippen LogP contribution in [0.2, 0.25) is 0 Å². The number of likely N-dealkylation sites (N-methyl/N-ethyl adjacent to an activating group) is 1. The highest BCUT2D eigenvalue weighted by Gasteiger charge is 2.14. The number of rotatable bonds is 7. The Morgan fingerprint density at radius 2 is 2.26 bits per heavy atom. The van der Waals surface area contributed by atoms with Crippen LogP contribution in [0.25, 0.3) is 0 Å². The first-order valence-corrected chi connectivity index (χ1v) is 7.70. The van der Waals surface area contributed by atoms with E-state index in [1.165, 1.54) is 22.4 Å². The zero-order valence-electron chi connectivity index (χ0n) is 12.4. The molecule has 0 atom stereocenters. The molecular formula is C14H16F2N4O2S. The van der Waals surface area contributed by atoms with Crippen molar-refractivity contribution >= 4 is 23.1 Å². The Morgan fingerprint density at radius 3 is 2.96 bits per heavy atom. The molecule has 1 N–H and O–H groups in total. The van der Waals surface area contributed by atoms with Crippen molar-refractivity contribution in [3.8, 4) is 5.88 Å². The Morgan fingerprint density at radius 1 is 1.43 bits per heavy atom. The summed E-state index contributed by atoms with van der Waals surface area (Å²) in [4.78, 5) is 21.6. The van der Waals surface area contributed by atoms with Crippen LogP contribution in [-0.4, -0.2) is 47.5 Å². The van der Waals surface area contributed by atoms with E-state index in [1.807, 2.05) is 5.38 Å². The summed E-state index contributed by atoms with van der Waals surface area (Å²) in [6.45, 7) is -0.299. The van der Waals surface area contributed by atoms with Gasteiger partial charge in [0.25, 0.3) is 6.43 Å². The lowest BCUT2D eigenvalue weighted by Gasteiger charge is -2.18. The predicted molar refractivity (Wildman–Crippen MR) is 83.2 cm³/mol. The van der Waals surface area contributed by atoms with E-state index in [1.54, 1.807) is 25.4 Å². The van der Waals surface area contributed by atoms with Crippen molar-refractivity contribution in [3.63, 3.8) is 0 Å². The second-order valence-corrected chi connectivity index (χ2v) is 5.56. The van der Waals surface area contributed by atoms with Gasteiger partial charge in [-0.2, -0.15) is 0 Å². The third kappa shape index (κ3) is 5.44. The van der Waals surface area contributed by atoms with Crippen LogP contribution in [0, 0.1) is 0 Å². The first-order chi connectivity index (χ1) is 11.1. The van der Waals surface area contributed by atoms with E-state index >= 15 is 0 Å². The third-order valence-electron chi connectivity index (χ3n) is 2.85. The molecule has 6 nitrogen and oxygen atoms in total. The lowest BCUT2D eigenvalue weighted by molar-refractivity contribution is 0.0800. The molecule has 23 heavy (non-hydrogen) atoms. The monoisotopic (exact) mass is 342 g/mol. The van der Waals surface area contributed by atoms with Crippen molar-refractivity contribution in [1.82, 2.24) is 14.9 Å². The van der Waals surface area contributed by atoms with Crippen molar-refractivity contribution in [2.24, 2.45) is 0 Å². The van der Waals surface area contributed by atoms with Crippen LogP contribution in [0.5, 0.6) is 5.88 Å². The maximum atomic E-state index is 12.2. The number of nitrogens with one attached hydrogen (secondary N) is 1. The van der Waals surface area contributed by atoms with Crippen LogP contribution in [0.4, 0.5) is 19.3 Å². The molecule has 0 radical (unpaired) electrons. The summed E-state index contributed by atoms with van der Waals surface area (Å²) >= 11 is 1.52. The van der Waals surface area contributed by atoms with Crippen molar-refractivity contribution in [2.45, 2.75) is 12.8 Å². The average Bonchev–Trinajstić information content (AvgIpc) is 3.05. The molecule has 9 heteroatoms. The second kappa shape index (κ2) is 8.37. The maximum absolute atomic E-state index is 12.2. The minimum atomic E-state index is -2.61. The minimum Gasteiger partial charge on any atom is -0.470 e. The first-order valence-electron chi connectivity index (χ1n) is 6.82. The van der Waals surface area contributed by atoms with Crippen molar-refractivity contribution in [2.75, 3.05) is 25.5 Å². The normalized spacial score (nSPS) is 10.6. The number of pyridine rings is 1. The number of hydrogen-bond donors (Lipinski definition) is 1. The molecule has 2 amide bonds. The molecule has 0 aromatic carbocycles. The van der Waals surface area contributed by atoms with E-state index in [4.69, 9.17) is 4.74 Å². The molecule has 2 aromatic heterocycles. The number of carbonyl (C=O) groups excluding carboxylic acids is 1. The van der Waals surface area contributed by atoms with E-state index in [0.29, 0.717) is 13.0 Å². The van der Waals surface area contributed by atoms with Gasteiger partial charge in [-0.25, -0.2) is 23.5 Å². The maximum Gasteiger partial charge on any atom is 0.321 e. The highest BCUT2D eigenvalue weighted by molar-refractivity contribution is 7.09. The molecule has 0 saturated heterocycles. The minimum absolute atomic E-state index is 0.0329. The number of thiazole rings is 1. The van der Waals surface area contributed by atoms with Gasteiger partial charge in [-0.15, -0.1) is 11.3 Å². The van der Waals surface area contributed by atoms with E-state index < -0.39 is 13.0 Å². The number of halogens is 2. The largest absolute Gasteiger partial charge is 0.470 e. The summed E-state index contributed by atoms with van der Waals surface area (Å²) in [6.07, 6.45) is 1.15. The van der Waals surface area contributed by atoms with Crippen LogP contribution in [0.3, 0.4) is 0 Å². The quantitative estimate of drug-likeness (QED) is 0.840. The van der Waals surface area contributed by atoms with Crippen LogP contribution < -0.4 is 10.1 Å². The van der Waals surface area contributed by atoms with Gasteiger partial charge in [0.2, 0.25) is 5.88 Å². The summed E-state index contributed by atoms with van der Waals surface area (Å²) in [7, 11) is 1.64. The zero-order valence-corrected chi connectivity index (χ0v) is 13.2. The van der Waals surface area contributed by atoms with Crippen molar-refractivity contribution in [3.05, 3.63) is 34.9 Å². The Bertz CT molecular complexity index is 625. The summed E-state index contributed by atoms with van der Waals surface area (Å²) in [6, 6.07) is 2.75. The number of aromatic nitrogens is 2. The first kappa shape index (κ1) is 17.1. The molecule has 2 aromatic rings. The number of alkyl halides is 2. The third-order valence-corrected chi connectivity index (χ3v) is 3.69. The van der Waals surface area contributed by atoms with Gasteiger partial charge in [-0.3, -0.25) is 0 Å². The predicted octanol–water partition coefficient (Wildman–Crippen LogP) is 2.89. The van der Waals surface area contributed by atoms with Gasteiger partial charge in [0.15, 0.2) is 6.61 Å². The topological polar surface area (TPSA) is 67.4 Å². The lowest BCUT2D eigenvalue weighted by atomic mass is 10.4. The lowest BCUT2D eigenvalue weighted by Crippen LogP contribution is -2.33. The highest BCUT2D eigenvalue weighted by Crippen LogP contribution is 2.21. The molecule has 0 spiro atoms. The van der Waals surface area contributed by atoms with E-state index in [-0.39, 0.29) is 17.6 Å². The van der Waals surface area contributed by atoms with E-state index in [2.05, 4.69) is 15.3 Å². The van der Waals surface area contributed by atoms with Gasteiger partial charge >= 0.3 is 6.03 Å². The second-order valence-electron chi connectivity index (χ2n) is 4.59. The SMILES string of the molecule is CN(CCc1nccs1)C(=O)Nc1cccnc1OCC(F)F. The van der Waals surface area contributed by atoms with Gasteiger partial charge in [0.1, 0.15) is 5.69 Å². The number of nitrogens with zero attached hydrogens (tertiary/aromatic N) is 3. The number of amides is 2. The molecule has 0 aliphatic rings. The molecule has 2 rings (SSSR count). The smallest absolute Gasteiger partial charge is 0.321 e. The van der Waals surface area contributed by atoms with Crippen LogP contribution in [0.1, 0.15) is 5.01 Å². The number of anilines is 1. The van der Waals surface area contributed by atoms with Crippen LogP contribution in [-0.2, 0) is 6.42 Å². The molecule has 0 fully saturated rings. The number of hydrogen-bond acceptors (Lipinski definition) is 5. The van der Waals surface area contributed by atoms with Gasteiger partial charge < -0.3 is 15.0 Å². The summed E-state index contributed by atoms with van der Waals surface area (Å²) in [5, 5.41) is 5.41. The number of urea groups is 1. The van der Waals surface area contributed by atoms with E-state index in [0.717, 1.165) is 5.01 Å². The van der Waals surface area contributed by atoms with Crippen molar-refractivity contribution in [1.29, 1.82) is 0 Å². The molecule has 0 aliphatic heterocycles. The average molecular weight is 342 g/mol. The van der Waals surface area contributed by atoms with Gasteiger partial charge in [0, 0.05) is 37.8 Å². The van der Waals surface area contributed by atoms with Crippen LogP contribution >= 0.6 is 11.3 Å². The molecule has 0 unspecified atom stereocenters. The Labute approximate surface area is 136 Å². The summed E-state index contributed by atoms with van der Waals surface area (Å²) in [5.74, 6) is -0.0329.